The number of sulfonamides is 1. The zero-order chi connectivity index (χ0) is 24.5. The van der Waals surface area contributed by atoms with E-state index in [0.717, 1.165) is 17.9 Å². The molecule has 3 rings (SSSR count). The highest BCUT2D eigenvalue weighted by Crippen LogP contribution is 2.28. The lowest BCUT2D eigenvalue weighted by Gasteiger charge is -2.34. The third-order valence-electron chi connectivity index (χ3n) is 5.70. The van der Waals surface area contributed by atoms with Crippen LogP contribution in [-0.2, 0) is 26.0 Å². The molecule has 10 heteroatoms. The van der Waals surface area contributed by atoms with Gasteiger partial charge in [0.05, 0.1) is 22.8 Å². The molecule has 1 aromatic carbocycles. The van der Waals surface area contributed by atoms with Crippen molar-refractivity contribution in [2.24, 2.45) is 0 Å². The van der Waals surface area contributed by atoms with Gasteiger partial charge >= 0.3 is 5.97 Å². The molecule has 33 heavy (non-hydrogen) atoms. The molecule has 0 radical (unpaired) electrons. The zero-order valence-electron chi connectivity index (χ0n) is 19.4. The van der Waals surface area contributed by atoms with Crippen LogP contribution in [0.5, 0.6) is 0 Å². The number of halogens is 1. The lowest BCUT2D eigenvalue weighted by atomic mass is 10.1. The van der Waals surface area contributed by atoms with E-state index in [1.54, 1.807) is 19.9 Å². The molecule has 2 aromatic rings. The van der Waals surface area contributed by atoms with Gasteiger partial charge in [0.1, 0.15) is 4.90 Å². The Labute approximate surface area is 199 Å². The predicted molar refractivity (Wildman–Crippen MR) is 124 cm³/mol. The van der Waals surface area contributed by atoms with Crippen molar-refractivity contribution >= 4 is 33.4 Å². The third kappa shape index (κ3) is 5.32. The van der Waals surface area contributed by atoms with Gasteiger partial charge in [0.25, 0.3) is 0 Å². The van der Waals surface area contributed by atoms with Gasteiger partial charge in [-0.05, 0) is 58.9 Å². The van der Waals surface area contributed by atoms with Crippen LogP contribution in [0.25, 0.3) is 0 Å². The van der Waals surface area contributed by atoms with E-state index in [1.165, 1.54) is 22.5 Å². The number of aryl methyl sites for hydroxylation is 1. The van der Waals surface area contributed by atoms with Gasteiger partial charge in [-0.3, -0.25) is 4.79 Å². The number of hydrogen-bond acceptors (Lipinski definition) is 6. The first kappa shape index (κ1) is 25.4. The standard InChI is InChI=1S/C23H29ClN2O6S/c1-6-26-14(2)9-19(17(26)5)21(27)13-31-23(28)18-7-8-20(24)22(10-18)33(29,30)25-11-15(3)32-16(4)12-25/h7-10,15-16H,6,11-13H2,1-5H3. The number of Topliss-reactive ketones (excluding diaryl/α,β-unsaturated/α-hetero) is 1. The summed E-state index contributed by atoms with van der Waals surface area (Å²) < 4.78 is 40.5. The largest absolute Gasteiger partial charge is 0.454 e. The molecule has 2 heterocycles. The fourth-order valence-corrected chi connectivity index (χ4v) is 6.25. The molecule has 180 valence electrons. The number of hydrogen-bond donors (Lipinski definition) is 0. The van der Waals surface area contributed by atoms with Gasteiger partial charge in [-0.2, -0.15) is 4.31 Å². The molecule has 1 fully saturated rings. The summed E-state index contributed by atoms with van der Waals surface area (Å²) in [6.45, 7) is 9.97. The molecule has 0 N–H and O–H groups in total. The predicted octanol–water partition coefficient (Wildman–Crippen LogP) is 3.62. The Hall–Kier alpha value is -2.20. The summed E-state index contributed by atoms with van der Waals surface area (Å²) in [4.78, 5) is 25.0. The average molecular weight is 497 g/mol. The molecular formula is C23H29ClN2O6S. The van der Waals surface area contributed by atoms with E-state index >= 15 is 0 Å². The Morgan fingerprint density at radius 2 is 1.79 bits per heavy atom. The molecule has 2 unspecified atom stereocenters. The first-order valence-electron chi connectivity index (χ1n) is 10.8. The molecule has 0 saturated carbocycles. The summed E-state index contributed by atoms with van der Waals surface area (Å²) >= 11 is 6.19. The van der Waals surface area contributed by atoms with Crippen LogP contribution in [0.15, 0.2) is 29.2 Å². The number of rotatable bonds is 7. The van der Waals surface area contributed by atoms with Crippen LogP contribution in [-0.4, -0.2) is 60.9 Å². The minimum atomic E-state index is -3.96. The molecule has 0 spiro atoms. The highest BCUT2D eigenvalue weighted by Gasteiger charge is 2.34. The van der Waals surface area contributed by atoms with Crippen LogP contribution < -0.4 is 0 Å². The van der Waals surface area contributed by atoms with Crippen molar-refractivity contribution < 1.29 is 27.5 Å². The minimum Gasteiger partial charge on any atom is -0.454 e. The molecule has 2 atom stereocenters. The van der Waals surface area contributed by atoms with Crippen molar-refractivity contribution in [2.45, 2.75) is 58.3 Å². The lowest BCUT2D eigenvalue weighted by Crippen LogP contribution is -2.48. The first-order valence-corrected chi connectivity index (χ1v) is 12.6. The van der Waals surface area contributed by atoms with Crippen molar-refractivity contribution in [3.8, 4) is 0 Å². The van der Waals surface area contributed by atoms with Gasteiger partial charge in [-0.25, -0.2) is 13.2 Å². The third-order valence-corrected chi connectivity index (χ3v) is 8.01. The maximum atomic E-state index is 13.2. The second-order valence-corrected chi connectivity index (χ2v) is 10.6. The number of nitrogens with zero attached hydrogens (tertiary/aromatic N) is 2. The van der Waals surface area contributed by atoms with E-state index in [2.05, 4.69) is 0 Å². The Morgan fingerprint density at radius 3 is 2.36 bits per heavy atom. The Balaban J connectivity index is 1.77. The van der Waals surface area contributed by atoms with E-state index in [0.29, 0.717) is 5.56 Å². The summed E-state index contributed by atoms with van der Waals surface area (Å²) in [5.41, 5.74) is 2.25. The number of ketones is 1. The number of aromatic nitrogens is 1. The second-order valence-electron chi connectivity index (χ2n) is 8.25. The van der Waals surface area contributed by atoms with Crippen LogP contribution in [0.2, 0.25) is 5.02 Å². The van der Waals surface area contributed by atoms with Crippen molar-refractivity contribution in [1.82, 2.24) is 8.87 Å². The molecular weight excluding hydrogens is 468 g/mol. The highest BCUT2D eigenvalue weighted by molar-refractivity contribution is 7.89. The summed E-state index contributed by atoms with van der Waals surface area (Å²) in [6.07, 6.45) is -0.535. The molecule has 0 amide bonds. The number of morpholine rings is 1. The van der Waals surface area contributed by atoms with Crippen molar-refractivity contribution in [1.29, 1.82) is 0 Å². The number of ether oxygens (including phenoxy) is 2. The molecule has 1 saturated heterocycles. The molecule has 1 aromatic heterocycles. The van der Waals surface area contributed by atoms with Crippen LogP contribution in [0.4, 0.5) is 0 Å². The minimum absolute atomic E-state index is 0.000776. The summed E-state index contributed by atoms with van der Waals surface area (Å²) in [7, 11) is -3.96. The van der Waals surface area contributed by atoms with E-state index in [-0.39, 0.29) is 46.6 Å². The quantitative estimate of drug-likeness (QED) is 0.429. The van der Waals surface area contributed by atoms with E-state index in [9.17, 15) is 18.0 Å². The van der Waals surface area contributed by atoms with E-state index in [4.69, 9.17) is 21.1 Å². The van der Waals surface area contributed by atoms with Crippen molar-refractivity contribution in [3.63, 3.8) is 0 Å². The molecule has 1 aliphatic heterocycles. The fraction of sp³-hybridized carbons (Fsp3) is 0.478. The number of esters is 1. The molecule has 1 aliphatic rings. The molecule has 0 bridgehead atoms. The molecule has 8 nitrogen and oxygen atoms in total. The lowest BCUT2D eigenvalue weighted by molar-refractivity contribution is -0.0440. The fourth-order valence-electron chi connectivity index (χ4n) is 4.16. The van der Waals surface area contributed by atoms with Crippen molar-refractivity contribution in [2.75, 3.05) is 19.7 Å². The average Bonchev–Trinajstić information content (AvgIpc) is 3.04. The van der Waals surface area contributed by atoms with Gasteiger partial charge in [0, 0.05) is 36.6 Å². The monoisotopic (exact) mass is 496 g/mol. The maximum Gasteiger partial charge on any atom is 0.338 e. The first-order chi connectivity index (χ1) is 15.4. The van der Waals surface area contributed by atoms with E-state index < -0.39 is 22.6 Å². The Bertz CT molecular complexity index is 1160. The maximum absolute atomic E-state index is 13.2. The normalized spacial score (nSPS) is 19.5. The summed E-state index contributed by atoms with van der Waals surface area (Å²) in [6, 6.07) is 5.68. The van der Waals surface area contributed by atoms with Gasteiger partial charge in [0.2, 0.25) is 15.8 Å². The van der Waals surface area contributed by atoms with Gasteiger partial charge in [0.15, 0.2) is 6.61 Å². The number of carbonyl (C=O) groups is 2. The summed E-state index contributed by atoms with van der Waals surface area (Å²) in [5, 5.41) is 0.00132. The van der Waals surface area contributed by atoms with Crippen LogP contribution in [0.3, 0.4) is 0 Å². The topological polar surface area (TPSA) is 94.9 Å². The zero-order valence-corrected chi connectivity index (χ0v) is 21.0. The van der Waals surface area contributed by atoms with Crippen molar-refractivity contribution in [3.05, 3.63) is 51.8 Å². The number of benzene rings is 1. The SMILES string of the molecule is CCn1c(C)cc(C(=O)COC(=O)c2ccc(Cl)c(S(=O)(=O)N3CC(C)OC(C)C3)c2)c1C. The number of carbonyl (C=O) groups excluding carboxylic acids is 2. The van der Waals surface area contributed by atoms with Gasteiger partial charge in [-0.1, -0.05) is 11.6 Å². The Kier molecular flexibility index (Phi) is 7.68. The smallest absolute Gasteiger partial charge is 0.338 e. The van der Waals surface area contributed by atoms with Gasteiger partial charge in [-0.15, -0.1) is 0 Å². The highest BCUT2D eigenvalue weighted by atomic mass is 35.5. The van der Waals surface area contributed by atoms with E-state index in [1.807, 2.05) is 25.3 Å². The molecule has 0 aliphatic carbocycles. The summed E-state index contributed by atoms with van der Waals surface area (Å²) in [5.74, 6) is -1.13. The Morgan fingerprint density at radius 1 is 1.15 bits per heavy atom. The van der Waals surface area contributed by atoms with Crippen LogP contribution >= 0.6 is 11.6 Å². The van der Waals surface area contributed by atoms with Gasteiger partial charge < -0.3 is 14.0 Å². The second kappa shape index (κ2) is 9.97. The van der Waals surface area contributed by atoms with Crippen LogP contribution in [0.1, 0.15) is 52.9 Å². The van der Waals surface area contributed by atoms with Crippen LogP contribution in [0, 0.1) is 13.8 Å².